The van der Waals surface area contributed by atoms with Gasteiger partial charge in [-0.2, -0.15) is 0 Å². The molecule has 0 aliphatic rings. The third-order valence-electron chi connectivity index (χ3n) is 5.55. The Hall–Kier alpha value is -3.10. The summed E-state index contributed by atoms with van der Waals surface area (Å²) in [6.07, 6.45) is 0. The minimum Gasteiger partial charge on any atom is -0.497 e. The van der Waals surface area contributed by atoms with E-state index in [-0.39, 0.29) is 5.78 Å². The monoisotopic (exact) mass is 478 g/mol. The number of thioether (sulfide) groups is 1. The third kappa shape index (κ3) is 5.12. The number of carbonyl (C=O) groups is 1. The molecule has 170 valence electrons. The first kappa shape index (κ1) is 23.1. The summed E-state index contributed by atoms with van der Waals surface area (Å²) >= 11 is 2.84. The first-order chi connectivity index (χ1) is 15.9. The fourth-order valence-corrected chi connectivity index (χ4v) is 5.28. The summed E-state index contributed by atoms with van der Waals surface area (Å²) in [5.41, 5.74) is 7.23. The Morgan fingerprint density at radius 2 is 1.79 bits per heavy atom. The van der Waals surface area contributed by atoms with Crippen LogP contribution in [0.1, 0.15) is 32.9 Å². The number of nitrogens with zero attached hydrogens (tertiary/aromatic N) is 3. The van der Waals surface area contributed by atoms with E-state index >= 15 is 0 Å². The van der Waals surface area contributed by atoms with Crippen LogP contribution < -0.4 is 10.1 Å². The number of aromatic nitrogens is 3. The van der Waals surface area contributed by atoms with Crippen molar-refractivity contribution in [3.63, 3.8) is 0 Å². The van der Waals surface area contributed by atoms with E-state index in [1.165, 1.54) is 34.2 Å². The van der Waals surface area contributed by atoms with Gasteiger partial charge in [0.2, 0.25) is 5.13 Å². The normalized spacial score (nSPS) is 10.9. The van der Waals surface area contributed by atoms with Gasteiger partial charge in [0.1, 0.15) is 5.75 Å². The lowest BCUT2D eigenvalue weighted by molar-refractivity contribution is 0.102. The molecular weight excluding hydrogens is 452 g/mol. The van der Waals surface area contributed by atoms with Crippen molar-refractivity contribution in [2.24, 2.45) is 0 Å². The number of hydrogen-bond acceptors (Lipinski definition) is 7. The summed E-state index contributed by atoms with van der Waals surface area (Å²) in [5.74, 6) is 1.20. The van der Waals surface area contributed by atoms with Crippen LogP contribution in [0.4, 0.5) is 10.8 Å². The Kier molecular flexibility index (Phi) is 6.85. The molecule has 1 N–H and O–H groups in total. The van der Waals surface area contributed by atoms with Crippen LogP contribution in [-0.4, -0.2) is 33.4 Å². The largest absolute Gasteiger partial charge is 0.497 e. The van der Waals surface area contributed by atoms with Crippen molar-refractivity contribution in [1.82, 2.24) is 14.8 Å². The Morgan fingerprint density at radius 1 is 1.03 bits per heavy atom. The maximum absolute atomic E-state index is 13.0. The fourth-order valence-electron chi connectivity index (χ4n) is 3.63. The Balaban J connectivity index is 1.42. The Bertz CT molecular complexity index is 1290. The average Bonchev–Trinajstić information content (AvgIpc) is 3.38. The van der Waals surface area contributed by atoms with E-state index in [9.17, 15) is 4.79 Å². The first-order valence-corrected chi connectivity index (χ1v) is 12.3. The summed E-state index contributed by atoms with van der Waals surface area (Å²) in [5, 5.41) is 12.3. The lowest BCUT2D eigenvalue weighted by atomic mass is 10.1. The number of Topliss-reactive ketones (excluding diaryl/α,β-unsaturated/α-hetero) is 1. The molecule has 0 aliphatic heterocycles. The van der Waals surface area contributed by atoms with E-state index in [1.54, 1.807) is 7.11 Å². The zero-order valence-electron chi connectivity index (χ0n) is 19.3. The van der Waals surface area contributed by atoms with Gasteiger partial charge >= 0.3 is 0 Å². The molecule has 2 aromatic heterocycles. The highest BCUT2D eigenvalue weighted by atomic mass is 32.2. The molecule has 4 rings (SSSR count). The second-order valence-electron chi connectivity index (χ2n) is 7.83. The number of aryl methyl sites for hydroxylation is 3. The van der Waals surface area contributed by atoms with E-state index in [2.05, 4.69) is 52.1 Å². The van der Waals surface area contributed by atoms with Crippen LogP contribution in [-0.2, 0) is 0 Å². The number of methoxy groups -OCH3 is 1. The van der Waals surface area contributed by atoms with Gasteiger partial charge in [0.25, 0.3) is 0 Å². The highest BCUT2D eigenvalue weighted by Crippen LogP contribution is 2.30. The minimum atomic E-state index is 0.0862. The molecule has 0 spiro atoms. The van der Waals surface area contributed by atoms with Gasteiger partial charge in [-0.1, -0.05) is 29.2 Å². The standard InChI is InChI=1S/C25H26N4O2S2/c1-15-6-9-20(12-16(15)2)29-17(3)13-22(18(29)4)23(30)14-32-25-28-27-24(33-25)26-19-7-10-21(31-5)11-8-19/h6-13H,14H2,1-5H3,(H,26,27). The van der Waals surface area contributed by atoms with Crippen LogP contribution in [0.3, 0.4) is 0 Å². The van der Waals surface area contributed by atoms with Crippen molar-refractivity contribution in [1.29, 1.82) is 0 Å². The van der Waals surface area contributed by atoms with Gasteiger partial charge < -0.3 is 14.6 Å². The molecule has 6 nitrogen and oxygen atoms in total. The van der Waals surface area contributed by atoms with Gasteiger partial charge in [-0.3, -0.25) is 4.79 Å². The molecule has 0 atom stereocenters. The number of carbonyl (C=O) groups excluding carboxylic acids is 1. The Morgan fingerprint density at radius 3 is 2.48 bits per heavy atom. The first-order valence-electron chi connectivity index (χ1n) is 10.5. The number of benzene rings is 2. The second-order valence-corrected chi connectivity index (χ2v) is 10.0. The highest BCUT2D eigenvalue weighted by Gasteiger charge is 2.18. The summed E-state index contributed by atoms with van der Waals surface area (Å²) in [4.78, 5) is 13.0. The maximum atomic E-state index is 13.0. The van der Waals surface area contributed by atoms with Crippen molar-refractivity contribution in [3.8, 4) is 11.4 Å². The number of rotatable bonds is 8. The predicted octanol–water partition coefficient (Wildman–Crippen LogP) is 6.29. The minimum absolute atomic E-state index is 0.0862. The van der Waals surface area contributed by atoms with Gasteiger partial charge in [-0.05, 0) is 81.3 Å². The average molecular weight is 479 g/mol. The summed E-state index contributed by atoms with van der Waals surface area (Å²) in [6, 6.07) is 16.0. The molecule has 0 bridgehead atoms. The van der Waals surface area contributed by atoms with Crippen LogP contribution in [0.15, 0.2) is 52.9 Å². The smallest absolute Gasteiger partial charge is 0.210 e. The predicted molar refractivity (Wildman–Crippen MR) is 136 cm³/mol. The lowest BCUT2D eigenvalue weighted by Crippen LogP contribution is -2.05. The lowest BCUT2D eigenvalue weighted by Gasteiger charge is -2.12. The maximum Gasteiger partial charge on any atom is 0.210 e. The van der Waals surface area contributed by atoms with E-state index in [0.29, 0.717) is 10.9 Å². The molecule has 0 saturated heterocycles. The topological polar surface area (TPSA) is 69.0 Å². The van der Waals surface area contributed by atoms with E-state index in [4.69, 9.17) is 4.74 Å². The molecule has 8 heteroatoms. The zero-order valence-corrected chi connectivity index (χ0v) is 20.9. The van der Waals surface area contributed by atoms with Gasteiger partial charge in [0, 0.05) is 28.3 Å². The van der Waals surface area contributed by atoms with Crippen molar-refractivity contribution < 1.29 is 9.53 Å². The van der Waals surface area contributed by atoms with Crippen molar-refractivity contribution >= 4 is 39.7 Å². The highest BCUT2D eigenvalue weighted by molar-refractivity contribution is 8.01. The van der Waals surface area contributed by atoms with Crippen molar-refractivity contribution in [2.45, 2.75) is 32.0 Å². The molecule has 33 heavy (non-hydrogen) atoms. The Labute approximate surface area is 202 Å². The van der Waals surface area contributed by atoms with E-state index in [0.717, 1.165) is 38.4 Å². The van der Waals surface area contributed by atoms with E-state index in [1.807, 2.05) is 44.2 Å². The van der Waals surface area contributed by atoms with Crippen LogP contribution in [0, 0.1) is 27.7 Å². The molecular formula is C25H26N4O2S2. The second kappa shape index (κ2) is 9.80. The summed E-state index contributed by atoms with van der Waals surface area (Å²) in [7, 11) is 1.64. The van der Waals surface area contributed by atoms with Gasteiger partial charge in [0.15, 0.2) is 10.1 Å². The van der Waals surface area contributed by atoms with Gasteiger partial charge in [0.05, 0.1) is 12.9 Å². The van der Waals surface area contributed by atoms with Crippen LogP contribution in [0.25, 0.3) is 5.69 Å². The van der Waals surface area contributed by atoms with Gasteiger partial charge in [-0.15, -0.1) is 10.2 Å². The molecule has 0 aliphatic carbocycles. The zero-order chi connectivity index (χ0) is 23.5. The molecule has 0 amide bonds. The third-order valence-corrected chi connectivity index (χ3v) is 7.53. The van der Waals surface area contributed by atoms with Crippen molar-refractivity contribution in [3.05, 3.63) is 76.6 Å². The molecule has 2 aromatic carbocycles. The summed E-state index contributed by atoms with van der Waals surface area (Å²) in [6.45, 7) is 8.25. The van der Waals surface area contributed by atoms with Crippen LogP contribution in [0.2, 0.25) is 0 Å². The van der Waals surface area contributed by atoms with Crippen LogP contribution in [0.5, 0.6) is 5.75 Å². The molecule has 0 saturated carbocycles. The molecule has 0 unspecified atom stereocenters. The number of ketones is 1. The number of ether oxygens (including phenoxy) is 1. The fraction of sp³-hybridized carbons (Fsp3) is 0.240. The molecule has 0 radical (unpaired) electrons. The van der Waals surface area contributed by atoms with Crippen molar-refractivity contribution in [2.75, 3.05) is 18.2 Å². The van der Waals surface area contributed by atoms with Crippen LogP contribution >= 0.6 is 23.1 Å². The molecule has 0 fully saturated rings. The number of hydrogen-bond donors (Lipinski definition) is 1. The molecule has 4 aromatic rings. The SMILES string of the molecule is COc1ccc(Nc2nnc(SCC(=O)c3cc(C)n(-c4ccc(C)c(C)c4)c3C)s2)cc1. The molecule has 2 heterocycles. The van der Waals surface area contributed by atoms with E-state index < -0.39 is 0 Å². The number of nitrogens with one attached hydrogen (secondary N) is 1. The quantitative estimate of drug-likeness (QED) is 0.237. The van der Waals surface area contributed by atoms with Gasteiger partial charge in [-0.25, -0.2) is 0 Å². The summed E-state index contributed by atoms with van der Waals surface area (Å²) < 4.78 is 8.07. The number of anilines is 2.